The number of pyridine rings is 1. The van der Waals surface area contributed by atoms with Crippen LogP contribution in [0.15, 0.2) is 35.7 Å². The van der Waals surface area contributed by atoms with E-state index < -0.39 is 0 Å². The zero-order chi connectivity index (χ0) is 26.0. The molecule has 0 spiro atoms. The minimum absolute atomic E-state index is 0.211. The van der Waals surface area contributed by atoms with Gasteiger partial charge in [0.1, 0.15) is 12.2 Å². The minimum Gasteiger partial charge on any atom is -0.569 e. The molecule has 1 atom stereocenters. The molecule has 36 heavy (non-hydrogen) atoms. The lowest BCUT2D eigenvalue weighted by Crippen LogP contribution is -2.42. The summed E-state index contributed by atoms with van der Waals surface area (Å²) in [6.07, 6.45) is 3.71. The van der Waals surface area contributed by atoms with Gasteiger partial charge in [-0.25, -0.2) is 0 Å². The summed E-state index contributed by atoms with van der Waals surface area (Å²) in [6, 6.07) is 7.50. The van der Waals surface area contributed by atoms with E-state index in [-0.39, 0.29) is 29.6 Å². The van der Waals surface area contributed by atoms with Crippen molar-refractivity contribution in [1.29, 1.82) is 0 Å². The average Bonchev–Trinajstić information content (AvgIpc) is 3.28. The van der Waals surface area contributed by atoms with Crippen LogP contribution in [0.25, 0.3) is 0 Å². The quantitative estimate of drug-likeness (QED) is 0.211. The SMILES string of the molecule is Cc1ncc2c(c1OC(=O)[C@H]1CC[C@H](ON=[N+]([O-])N(C)C(C)(C)C)CC1)CO[C@H]2c1ccc(Cl)cc1. The lowest BCUT2D eigenvalue weighted by atomic mass is 9.87. The number of nitrogens with zero attached hydrogens (tertiary/aromatic N) is 4. The number of carbonyl (C=O) groups excluding carboxylic acids is 1. The van der Waals surface area contributed by atoms with Gasteiger partial charge in [-0.05, 0) is 71.1 Å². The number of hydrazine groups is 1. The average molecular weight is 517 g/mol. The monoisotopic (exact) mass is 516 g/mol. The zero-order valence-electron chi connectivity index (χ0n) is 21.4. The molecule has 0 N–H and O–H groups in total. The summed E-state index contributed by atoms with van der Waals surface area (Å²) in [4.78, 5) is 23.4. The first-order chi connectivity index (χ1) is 17.0. The van der Waals surface area contributed by atoms with Gasteiger partial charge in [0.25, 0.3) is 0 Å². The third-order valence-corrected chi connectivity index (χ3v) is 7.15. The molecular weight excluding hydrogens is 484 g/mol. The molecule has 2 aliphatic rings. The molecular formula is C26H33ClN4O5. The summed E-state index contributed by atoms with van der Waals surface area (Å²) >= 11 is 6.02. The highest BCUT2D eigenvalue weighted by Crippen LogP contribution is 2.41. The molecule has 2 heterocycles. The molecule has 2 aromatic rings. The number of hydrogen-bond acceptors (Lipinski definition) is 7. The van der Waals surface area contributed by atoms with Crippen LogP contribution in [-0.2, 0) is 21.0 Å². The number of ether oxygens (including phenoxy) is 2. The van der Waals surface area contributed by atoms with Crippen molar-refractivity contribution >= 4 is 17.6 Å². The Morgan fingerprint density at radius 2 is 1.89 bits per heavy atom. The maximum atomic E-state index is 13.0. The van der Waals surface area contributed by atoms with Gasteiger partial charge in [-0.3, -0.25) is 9.78 Å². The van der Waals surface area contributed by atoms with Crippen LogP contribution < -0.4 is 4.74 Å². The minimum atomic E-state index is -0.374. The molecule has 0 amide bonds. The maximum absolute atomic E-state index is 13.0. The molecule has 1 aromatic carbocycles. The van der Waals surface area contributed by atoms with Crippen molar-refractivity contribution in [3.63, 3.8) is 0 Å². The van der Waals surface area contributed by atoms with Gasteiger partial charge in [0.2, 0.25) is 5.28 Å². The van der Waals surface area contributed by atoms with Crippen LogP contribution in [0.1, 0.15) is 74.9 Å². The van der Waals surface area contributed by atoms with Gasteiger partial charge in [-0.15, -0.1) is 5.01 Å². The first-order valence-corrected chi connectivity index (χ1v) is 12.6. The zero-order valence-corrected chi connectivity index (χ0v) is 22.1. The number of halogens is 1. The molecule has 1 fully saturated rings. The standard InChI is InChI=1S/C26H33ClN4O5/c1-16-23(22-15-34-24(21(22)14-28-16)17-6-10-19(27)11-7-17)35-25(32)18-8-12-20(13-9-18)36-29-31(33)30(5)26(2,3)4/h6-7,10-11,14,18,20,24H,8-9,12-13,15H2,1-5H3/t18-,20-,24-/m0/s1. The van der Waals surface area contributed by atoms with Crippen LogP contribution in [-0.4, -0.2) is 39.6 Å². The van der Waals surface area contributed by atoms with E-state index in [1.165, 1.54) is 5.01 Å². The number of carbonyl (C=O) groups is 1. The van der Waals surface area contributed by atoms with E-state index in [1.807, 2.05) is 52.0 Å². The summed E-state index contributed by atoms with van der Waals surface area (Å²) in [7, 11) is 1.66. The summed E-state index contributed by atoms with van der Waals surface area (Å²) in [5, 5.41) is 17.9. The first-order valence-electron chi connectivity index (χ1n) is 12.2. The van der Waals surface area contributed by atoms with Crippen molar-refractivity contribution in [3.05, 3.63) is 63.1 Å². The molecule has 1 aliphatic heterocycles. The van der Waals surface area contributed by atoms with E-state index >= 15 is 0 Å². The van der Waals surface area contributed by atoms with Gasteiger partial charge in [0.05, 0.1) is 35.8 Å². The molecule has 10 heteroatoms. The molecule has 0 radical (unpaired) electrons. The smallest absolute Gasteiger partial charge is 0.314 e. The predicted octanol–water partition coefficient (Wildman–Crippen LogP) is 5.67. The van der Waals surface area contributed by atoms with Crippen molar-refractivity contribution in [1.82, 2.24) is 9.99 Å². The van der Waals surface area contributed by atoms with Crippen LogP contribution in [0.4, 0.5) is 0 Å². The van der Waals surface area contributed by atoms with Crippen LogP contribution in [0.5, 0.6) is 5.75 Å². The molecule has 0 saturated heterocycles. The summed E-state index contributed by atoms with van der Waals surface area (Å²) in [5.74, 6) is -0.0545. The maximum Gasteiger partial charge on any atom is 0.314 e. The van der Waals surface area contributed by atoms with Gasteiger partial charge < -0.3 is 19.5 Å². The fourth-order valence-corrected chi connectivity index (χ4v) is 4.46. The molecule has 0 unspecified atom stereocenters. The molecule has 1 aromatic heterocycles. The third kappa shape index (κ3) is 5.73. The largest absolute Gasteiger partial charge is 0.569 e. The Balaban J connectivity index is 1.37. The molecule has 1 aliphatic carbocycles. The molecule has 194 valence electrons. The topological polar surface area (TPSA) is 99.3 Å². The Labute approximate surface area is 216 Å². The Morgan fingerprint density at radius 1 is 1.22 bits per heavy atom. The fourth-order valence-electron chi connectivity index (χ4n) is 4.34. The van der Waals surface area contributed by atoms with Crippen LogP contribution in [0.2, 0.25) is 5.02 Å². The van der Waals surface area contributed by atoms with Gasteiger partial charge in [0.15, 0.2) is 5.75 Å². The lowest BCUT2D eigenvalue weighted by molar-refractivity contribution is -0.720. The van der Waals surface area contributed by atoms with E-state index in [1.54, 1.807) is 13.2 Å². The van der Waals surface area contributed by atoms with Gasteiger partial charge in [-0.1, -0.05) is 23.7 Å². The van der Waals surface area contributed by atoms with E-state index in [0.29, 0.717) is 53.7 Å². The van der Waals surface area contributed by atoms with Crippen molar-refractivity contribution in [3.8, 4) is 5.75 Å². The lowest BCUT2D eigenvalue weighted by Gasteiger charge is -2.28. The van der Waals surface area contributed by atoms with Crippen molar-refractivity contribution in [2.75, 3.05) is 7.05 Å². The highest BCUT2D eigenvalue weighted by Gasteiger charge is 2.34. The van der Waals surface area contributed by atoms with E-state index in [2.05, 4.69) is 10.3 Å². The molecule has 9 nitrogen and oxygen atoms in total. The summed E-state index contributed by atoms with van der Waals surface area (Å²) in [6.45, 7) is 7.90. The van der Waals surface area contributed by atoms with E-state index in [9.17, 15) is 10.0 Å². The molecule has 1 saturated carbocycles. The summed E-state index contributed by atoms with van der Waals surface area (Å²) < 4.78 is 11.9. The third-order valence-electron chi connectivity index (χ3n) is 6.90. The second-order valence-electron chi connectivity index (χ2n) is 10.4. The Morgan fingerprint density at radius 3 is 2.53 bits per heavy atom. The predicted molar refractivity (Wildman–Crippen MR) is 133 cm³/mol. The van der Waals surface area contributed by atoms with Crippen LogP contribution >= 0.6 is 11.6 Å². The summed E-state index contributed by atoms with van der Waals surface area (Å²) in [5.41, 5.74) is 2.99. The van der Waals surface area contributed by atoms with E-state index in [0.717, 1.165) is 16.7 Å². The van der Waals surface area contributed by atoms with Gasteiger partial charge in [-0.2, -0.15) is 0 Å². The second kappa shape index (κ2) is 10.6. The van der Waals surface area contributed by atoms with Crippen molar-refractivity contribution in [2.24, 2.45) is 11.2 Å². The van der Waals surface area contributed by atoms with Gasteiger partial charge >= 0.3 is 5.97 Å². The van der Waals surface area contributed by atoms with Crippen molar-refractivity contribution < 1.29 is 24.1 Å². The number of benzene rings is 1. The first kappa shape index (κ1) is 26.2. The van der Waals surface area contributed by atoms with Gasteiger partial charge in [0, 0.05) is 22.3 Å². The second-order valence-corrected chi connectivity index (χ2v) is 10.8. The van der Waals surface area contributed by atoms with Crippen LogP contribution in [0.3, 0.4) is 0 Å². The molecule has 0 bridgehead atoms. The number of rotatable bonds is 6. The number of aryl methyl sites for hydroxylation is 1. The number of esters is 1. The number of hydrogen-bond donors (Lipinski definition) is 0. The normalized spacial score (nSPS) is 22.2. The Hall–Kier alpha value is -2.91. The highest BCUT2D eigenvalue weighted by atomic mass is 35.5. The number of fused-ring (bicyclic) bond motifs is 1. The molecule has 4 rings (SSSR count). The van der Waals surface area contributed by atoms with Crippen molar-refractivity contribution in [2.45, 2.75) is 77.7 Å². The van der Waals surface area contributed by atoms with E-state index in [4.69, 9.17) is 25.9 Å². The highest BCUT2D eigenvalue weighted by molar-refractivity contribution is 6.30. The van der Waals surface area contributed by atoms with Crippen LogP contribution in [0, 0.1) is 18.0 Å². The Bertz CT molecular complexity index is 1120. The fraction of sp³-hybridized carbons (Fsp3) is 0.538. The number of aromatic nitrogens is 1. The Kier molecular flexibility index (Phi) is 7.70.